The molecule has 1 N–H and O–H groups in total. The first kappa shape index (κ1) is 15.7. The van der Waals surface area contributed by atoms with Crippen molar-refractivity contribution in [2.45, 2.75) is 44.2 Å². The van der Waals surface area contributed by atoms with Crippen LogP contribution in [0.3, 0.4) is 0 Å². The molecule has 6 nitrogen and oxygen atoms in total. The van der Waals surface area contributed by atoms with Gasteiger partial charge in [0.05, 0.1) is 5.56 Å². The van der Waals surface area contributed by atoms with E-state index in [-0.39, 0.29) is 6.61 Å². The number of benzene rings is 1. The van der Waals surface area contributed by atoms with Gasteiger partial charge < -0.3 is 24.1 Å². The average molecular weight is 329 g/mol. The molecule has 2 saturated heterocycles. The molecule has 2 heterocycles. The molecule has 2 fully saturated rings. The highest BCUT2D eigenvalue weighted by atomic mass is 35.5. The Morgan fingerprint density at radius 1 is 1.32 bits per heavy atom. The summed E-state index contributed by atoms with van der Waals surface area (Å²) in [5, 5.41) is 10.7. The quantitative estimate of drug-likeness (QED) is 0.852. The van der Waals surface area contributed by atoms with E-state index in [0.717, 1.165) is 0 Å². The smallest absolute Gasteiger partial charge is 0.338 e. The Hall–Kier alpha value is -1.18. The number of carbonyl (C=O) groups is 1. The molecule has 7 heteroatoms. The van der Waals surface area contributed by atoms with E-state index in [4.69, 9.17) is 30.5 Å². The number of aliphatic hydroxyl groups excluding tert-OH is 1. The van der Waals surface area contributed by atoms with E-state index in [1.807, 2.05) is 0 Å². The molecule has 2 aliphatic rings. The highest BCUT2D eigenvalue weighted by Gasteiger charge is 2.54. The second-order valence-electron chi connectivity index (χ2n) is 5.74. The van der Waals surface area contributed by atoms with E-state index in [1.165, 1.54) is 0 Å². The molecule has 0 saturated carbocycles. The Morgan fingerprint density at radius 3 is 2.64 bits per heavy atom. The van der Waals surface area contributed by atoms with Crippen molar-refractivity contribution < 1.29 is 28.8 Å². The van der Waals surface area contributed by atoms with E-state index in [1.54, 1.807) is 38.1 Å². The maximum atomic E-state index is 11.9. The molecule has 0 radical (unpaired) electrons. The van der Waals surface area contributed by atoms with Crippen LogP contribution in [0.2, 0.25) is 5.02 Å². The third kappa shape index (κ3) is 3.11. The molecule has 2 aliphatic heterocycles. The van der Waals surface area contributed by atoms with E-state index in [0.29, 0.717) is 10.6 Å². The Kier molecular flexibility index (Phi) is 4.13. The Bertz CT molecular complexity index is 558. The molecular formula is C15H17ClO6. The van der Waals surface area contributed by atoms with Crippen molar-refractivity contribution >= 4 is 17.6 Å². The fourth-order valence-electron chi connectivity index (χ4n) is 2.52. The van der Waals surface area contributed by atoms with E-state index in [9.17, 15) is 9.90 Å². The van der Waals surface area contributed by atoms with Crippen LogP contribution in [0, 0.1) is 0 Å². The van der Waals surface area contributed by atoms with Crippen LogP contribution in [0.25, 0.3) is 0 Å². The Balaban J connectivity index is 1.55. The Labute approximate surface area is 132 Å². The minimum Gasteiger partial charge on any atom is -0.459 e. The van der Waals surface area contributed by atoms with Gasteiger partial charge in [-0.05, 0) is 38.1 Å². The third-order valence-electron chi connectivity index (χ3n) is 3.57. The first-order valence-electron chi connectivity index (χ1n) is 6.97. The number of hydrogen-bond acceptors (Lipinski definition) is 6. The molecular weight excluding hydrogens is 312 g/mol. The number of ether oxygens (including phenoxy) is 4. The van der Waals surface area contributed by atoms with Crippen LogP contribution >= 0.6 is 11.6 Å². The van der Waals surface area contributed by atoms with Gasteiger partial charge in [-0.1, -0.05) is 11.6 Å². The third-order valence-corrected chi connectivity index (χ3v) is 3.83. The number of rotatable bonds is 3. The lowest BCUT2D eigenvalue weighted by molar-refractivity contribution is -0.218. The number of halogens is 1. The molecule has 0 amide bonds. The van der Waals surface area contributed by atoms with Crippen molar-refractivity contribution in [1.82, 2.24) is 0 Å². The average Bonchev–Trinajstić information content (AvgIpc) is 2.91. The van der Waals surface area contributed by atoms with Gasteiger partial charge in [-0.15, -0.1) is 0 Å². The van der Waals surface area contributed by atoms with Gasteiger partial charge in [-0.2, -0.15) is 0 Å². The van der Waals surface area contributed by atoms with E-state index >= 15 is 0 Å². The summed E-state index contributed by atoms with van der Waals surface area (Å²) in [6, 6.07) is 6.35. The minimum absolute atomic E-state index is 0.0806. The van der Waals surface area contributed by atoms with Gasteiger partial charge in [-0.25, -0.2) is 4.79 Å². The molecule has 0 spiro atoms. The van der Waals surface area contributed by atoms with Crippen LogP contribution in [-0.2, 0) is 18.9 Å². The maximum Gasteiger partial charge on any atom is 0.338 e. The summed E-state index contributed by atoms with van der Waals surface area (Å²) in [4.78, 5) is 11.9. The molecule has 120 valence electrons. The first-order valence-corrected chi connectivity index (χ1v) is 7.35. The van der Waals surface area contributed by atoms with Gasteiger partial charge in [-0.3, -0.25) is 0 Å². The number of carbonyl (C=O) groups excluding carboxylic acids is 1. The summed E-state index contributed by atoms with van der Waals surface area (Å²) in [6.07, 6.45) is -2.81. The van der Waals surface area contributed by atoms with Crippen LogP contribution in [0.4, 0.5) is 0 Å². The van der Waals surface area contributed by atoms with E-state index in [2.05, 4.69) is 0 Å². The minimum atomic E-state index is -0.912. The predicted molar refractivity (Wildman–Crippen MR) is 76.4 cm³/mol. The van der Waals surface area contributed by atoms with Crippen molar-refractivity contribution in [2.75, 3.05) is 6.61 Å². The summed E-state index contributed by atoms with van der Waals surface area (Å²) in [5.74, 6) is -1.30. The topological polar surface area (TPSA) is 74.2 Å². The van der Waals surface area contributed by atoms with Gasteiger partial charge in [0, 0.05) is 5.02 Å². The second-order valence-corrected chi connectivity index (χ2v) is 6.18. The summed E-state index contributed by atoms with van der Waals surface area (Å²) >= 11 is 5.76. The van der Waals surface area contributed by atoms with Gasteiger partial charge in [0.2, 0.25) is 0 Å². The molecule has 0 bridgehead atoms. The van der Waals surface area contributed by atoms with Crippen molar-refractivity contribution in [3.8, 4) is 0 Å². The molecule has 22 heavy (non-hydrogen) atoms. The molecule has 1 aromatic carbocycles. The largest absolute Gasteiger partial charge is 0.459 e. The fraction of sp³-hybridized carbons (Fsp3) is 0.533. The van der Waals surface area contributed by atoms with Gasteiger partial charge in [0.25, 0.3) is 0 Å². The van der Waals surface area contributed by atoms with Gasteiger partial charge >= 0.3 is 5.97 Å². The molecule has 0 aromatic heterocycles. The van der Waals surface area contributed by atoms with Crippen molar-refractivity contribution in [3.63, 3.8) is 0 Å². The standard InChI is InChI=1S/C15H17ClO6/c1-15(2)21-12-11(17)10(20-14(12)22-15)7-19-13(18)8-3-5-9(16)6-4-8/h3-6,10-12,14,17H,7H2,1-2H3/t10-,11-,12-,14-/m0/s1. The molecule has 4 atom stereocenters. The number of hydrogen-bond donors (Lipinski definition) is 1. The molecule has 3 rings (SSSR count). The first-order chi connectivity index (χ1) is 10.4. The molecule has 1 aromatic rings. The van der Waals surface area contributed by atoms with Crippen molar-refractivity contribution in [1.29, 1.82) is 0 Å². The fourth-order valence-corrected chi connectivity index (χ4v) is 2.65. The van der Waals surface area contributed by atoms with Crippen LogP contribution < -0.4 is 0 Å². The zero-order chi connectivity index (χ0) is 15.9. The molecule has 0 unspecified atom stereocenters. The highest BCUT2D eigenvalue weighted by Crippen LogP contribution is 2.37. The van der Waals surface area contributed by atoms with Crippen LogP contribution in [0.15, 0.2) is 24.3 Å². The summed E-state index contributed by atoms with van der Waals surface area (Å²) in [7, 11) is 0. The lowest BCUT2D eigenvalue weighted by Crippen LogP contribution is -2.37. The highest BCUT2D eigenvalue weighted by molar-refractivity contribution is 6.30. The van der Waals surface area contributed by atoms with Gasteiger partial charge in [0.1, 0.15) is 24.9 Å². The maximum absolute atomic E-state index is 11.9. The lowest BCUT2D eigenvalue weighted by Gasteiger charge is -2.22. The second kappa shape index (κ2) is 5.79. The van der Waals surface area contributed by atoms with Crippen molar-refractivity contribution in [3.05, 3.63) is 34.9 Å². The number of aliphatic hydroxyl groups is 1. The number of fused-ring (bicyclic) bond motifs is 1. The monoisotopic (exact) mass is 328 g/mol. The van der Waals surface area contributed by atoms with Crippen LogP contribution in [0.5, 0.6) is 0 Å². The summed E-state index contributed by atoms with van der Waals surface area (Å²) in [5.41, 5.74) is 0.380. The SMILES string of the molecule is CC1(C)O[C@@H]2O[C@@H](COC(=O)c3ccc(Cl)cc3)[C@H](O)[C@@H]2O1. The zero-order valence-electron chi connectivity index (χ0n) is 12.2. The van der Waals surface area contributed by atoms with Crippen molar-refractivity contribution in [2.24, 2.45) is 0 Å². The normalized spacial score (nSPS) is 32.7. The predicted octanol–water partition coefficient (Wildman–Crippen LogP) is 1.73. The van der Waals surface area contributed by atoms with Crippen LogP contribution in [0.1, 0.15) is 24.2 Å². The lowest BCUT2D eigenvalue weighted by atomic mass is 10.1. The summed E-state index contributed by atoms with van der Waals surface area (Å²) in [6.45, 7) is 3.41. The molecule has 0 aliphatic carbocycles. The Morgan fingerprint density at radius 2 is 2.00 bits per heavy atom. The summed E-state index contributed by atoms with van der Waals surface area (Å²) < 4.78 is 21.8. The zero-order valence-corrected chi connectivity index (χ0v) is 12.9. The van der Waals surface area contributed by atoms with Gasteiger partial charge in [0.15, 0.2) is 12.1 Å². The van der Waals surface area contributed by atoms with Crippen LogP contribution in [-0.4, -0.2) is 48.1 Å². The number of esters is 1. The van der Waals surface area contributed by atoms with E-state index < -0.39 is 36.4 Å².